The monoisotopic (exact) mass is 280 g/mol. The molecular formula is C15H24N2OS. The molecule has 0 spiro atoms. The molecule has 106 valence electrons. The van der Waals surface area contributed by atoms with Crippen molar-refractivity contribution in [3.05, 3.63) is 21.9 Å². The fourth-order valence-corrected chi connectivity index (χ4v) is 3.44. The maximum Gasteiger partial charge on any atom is 0.234 e. The van der Waals surface area contributed by atoms with E-state index in [0.29, 0.717) is 12.6 Å². The Bertz CT molecular complexity index is 395. The summed E-state index contributed by atoms with van der Waals surface area (Å²) in [6.07, 6.45) is 7.45. The first-order valence-electron chi connectivity index (χ1n) is 7.29. The Balaban J connectivity index is 1.63. The van der Waals surface area contributed by atoms with Gasteiger partial charge in [0.25, 0.3) is 0 Å². The van der Waals surface area contributed by atoms with E-state index in [0.717, 1.165) is 19.4 Å². The van der Waals surface area contributed by atoms with Crippen LogP contribution in [0.4, 0.5) is 0 Å². The van der Waals surface area contributed by atoms with E-state index in [1.165, 1.54) is 35.4 Å². The van der Waals surface area contributed by atoms with Crippen molar-refractivity contribution in [2.75, 3.05) is 6.54 Å². The highest BCUT2D eigenvalue weighted by atomic mass is 32.1. The highest BCUT2D eigenvalue weighted by molar-refractivity contribution is 7.11. The molecule has 0 saturated heterocycles. The predicted molar refractivity (Wildman–Crippen MR) is 80.4 cm³/mol. The number of rotatable bonds is 5. The number of nitrogens with one attached hydrogen (secondary N) is 2. The van der Waals surface area contributed by atoms with Crippen molar-refractivity contribution in [3.8, 4) is 0 Å². The molecule has 2 rings (SSSR count). The van der Waals surface area contributed by atoms with E-state index in [-0.39, 0.29) is 5.91 Å². The molecular weight excluding hydrogens is 256 g/mol. The minimum atomic E-state index is 0.139. The topological polar surface area (TPSA) is 41.1 Å². The van der Waals surface area contributed by atoms with Crippen LogP contribution in [-0.4, -0.2) is 18.5 Å². The first-order chi connectivity index (χ1) is 9.24. The standard InChI is InChI=1S/C15H24N2OS/c1-12-8-9-14(19-12)10-16-11-15(18)17-13-6-4-2-3-5-7-13/h8-9,13,16H,2-7,10-11H2,1H3,(H,17,18). The van der Waals surface area contributed by atoms with E-state index in [1.807, 2.05) is 0 Å². The maximum absolute atomic E-state index is 11.8. The van der Waals surface area contributed by atoms with Crippen LogP contribution in [-0.2, 0) is 11.3 Å². The van der Waals surface area contributed by atoms with Crippen LogP contribution in [0.3, 0.4) is 0 Å². The van der Waals surface area contributed by atoms with Gasteiger partial charge in [-0.1, -0.05) is 25.7 Å². The molecule has 1 heterocycles. The van der Waals surface area contributed by atoms with Gasteiger partial charge in [-0.05, 0) is 31.9 Å². The van der Waals surface area contributed by atoms with Gasteiger partial charge in [0.1, 0.15) is 0 Å². The Labute approximate surface area is 119 Å². The Hall–Kier alpha value is -0.870. The molecule has 3 nitrogen and oxygen atoms in total. The van der Waals surface area contributed by atoms with Crippen molar-refractivity contribution in [2.24, 2.45) is 0 Å². The predicted octanol–water partition coefficient (Wildman–Crippen LogP) is 2.99. The summed E-state index contributed by atoms with van der Waals surface area (Å²) < 4.78 is 0. The number of carbonyl (C=O) groups is 1. The fraction of sp³-hybridized carbons (Fsp3) is 0.667. The molecule has 0 radical (unpaired) electrons. The summed E-state index contributed by atoms with van der Waals surface area (Å²) in [5.74, 6) is 0.139. The average Bonchev–Trinajstić information content (AvgIpc) is 2.63. The third-order valence-corrected chi connectivity index (χ3v) is 4.60. The summed E-state index contributed by atoms with van der Waals surface area (Å²) >= 11 is 1.78. The summed E-state index contributed by atoms with van der Waals surface area (Å²) in [4.78, 5) is 14.5. The molecule has 0 bridgehead atoms. The van der Waals surface area contributed by atoms with Crippen molar-refractivity contribution in [3.63, 3.8) is 0 Å². The third kappa shape index (κ3) is 5.33. The summed E-state index contributed by atoms with van der Waals surface area (Å²) in [7, 11) is 0. The van der Waals surface area contributed by atoms with Gasteiger partial charge in [-0.3, -0.25) is 4.79 Å². The summed E-state index contributed by atoms with van der Waals surface area (Å²) in [6.45, 7) is 3.32. The van der Waals surface area contributed by atoms with Gasteiger partial charge in [0.05, 0.1) is 6.54 Å². The maximum atomic E-state index is 11.8. The molecule has 0 aliphatic heterocycles. The van der Waals surface area contributed by atoms with Gasteiger partial charge in [0.2, 0.25) is 5.91 Å². The minimum Gasteiger partial charge on any atom is -0.352 e. The lowest BCUT2D eigenvalue weighted by atomic mass is 10.1. The SMILES string of the molecule is Cc1ccc(CNCC(=O)NC2CCCCCC2)s1. The van der Waals surface area contributed by atoms with E-state index in [2.05, 4.69) is 29.7 Å². The lowest BCUT2D eigenvalue weighted by Gasteiger charge is -2.16. The van der Waals surface area contributed by atoms with Gasteiger partial charge < -0.3 is 10.6 Å². The molecule has 1 fully saturated rings. The van der Waals surface area contributed by atoms with Crippen LogP contribution in [0, 0.1) is 6.92 Å². The second kappa shape index (κ2) is 7.65. The molecule has 0 unspecified atom stereocenters. The Morgan fingerprint density at radius 1 is 1.26 bits per heavy atom. The van der Waals surface area contributed by atoms with Crippen LogP contribution >= 0.6 is 11.3 Å². The molecule has 4 heteroatoms. The molecule has 1 aromatic rings. The largest absolute Gasteiger partial charge is 0.352 e. The minimum absolute atomic E-state index is 0.139. The quantitative estimate of drug-likeness (QED) is 0.814. The molecule has 1 amide bonds. The van der Waals surface area contributed by atoms with Crippen molar-refractivity contribution in [1.82, 2.24) is 10.6 Å². The van der Waals surface area contributed by atoms with Crippen LogP contribution in [0.5, 0.6) is 0 Å². The zero-order chi connectivity index (χ0) is 13.5. The number of hydrogen-bond donors (Lipinski definition) is 2. The summed E-state index contributed by atoms with van der Waals surface area (Å²) in [6, 6.07) is 4.64. The molecule has 0 atom stereocenters. The van der Waals surface area contributed by atoms with E-state index >= 15 is 0 Å². The Morgan fingerprint density at radius 2 is 2.00 bits per heavy atom. The van der Waals surface area contributed by atoms with Crippen molar-refractivity contribution < 1.29 is 4.79 Å². The van der Waals surface area contributed by atoms with Crippen molar-refractivity contribution in [2.45, 2.75) is 58.0 Å². The van der Waals surface area contributed by atoms with Crippen LogP contribution < -0.4 is 10.6 Å². The highest BCUT2D eigenvalue weighted by Gasteiger charge is 2.14. The van der Waals surface area contributed by atoms with Gasteiger partial charge in [0.15, 0.2) is 0 Å². The number of carbonyl (C=O) groups excluding carboxylic acids is 1. The van der Waals surface area contributed by atoms with Gasteiger partial charge in [-0.15, -0.1) is 11.3 Å². The van der Waals surface area contributed by atoms with E-state index < -0.39 is 0 Å². The first kappa shape index (κ1) is 14.5. The molecule has 1 saturated carbocycles. The molecule has 19 heavy (non-hydrogen) atoms. The van der Waals surface area contributed by atoms with E-state index in [1.54, 1.807) is 11.3 Å². The van der Waals surface area contributed by atoms with Crippen molar-refractivity contribution >= 4 is 17.2 Å². The zero-order valence-corrected chi connectivity index (χ0v) is 12.5. The average molecular weight is 280 g/mol. The van der Waals surface area contributed by atoms with Gasteiger partial charge in [-0.2, -0.15) is 0 Å². The summed E-state index contributed by atoms with van der Waals surface area (Å²) in [5, 5.41) is 6.37. The molecule has 2 N–H and O–H groups in total. The second-order valence-electron chi connectivity index (χ2n) is 5.37. The summed E-state index contributed by atoms with van der Waals surface area (Å²) in [5.41, 5.74) is 0. The fourth-order valence-electron chi connectivity index (χ4n) is 2.58. The van der Waals surface area contributed by atoms with Gasteiger partial charge >= 0.3 is 0 Å². The van der Waals surface area contributed by atoms with Gasteiger partial charge in [-0.25, -0.2) is 0 Å². The lowest BCUT2D eigenvalue weighted by molar-refractivity contribution is -0.121. The van der Waals surface area contributed by atoms with Gasteiger partial charge in [0, 0.05) is 22.3 Å². The number of hydrogen-bond acceptors (Lipinski definition) is 3. The van der Waals surface area contributed by atoms with Crippen LogP contribution in [0.1, 0.15) is 48.3 Å². The Kier molecular flexibility index (Phi) is 5.86. The zero-order valence-electron chi connectivity index (χ0n) is 11.7. The Morgan fingerprint density at radius 3 is 2.63 bits per heavy atom. The highest BCUT2D eigenvalue weighted by Crippen LogP contribution is 2.17. The smallest absolute Gasteiger partial charge is 0.234 e. The van der Waals surface area contributed by atoms with Crippen molar-refractivity contribution in [1.29, 1.82) is 0 Å². The van der Waals surface area contributed by atoms with Crippen LogP contribution in [0.15, 0.2) is 12.1 Å². The lowest BCUT2D eigenvalue weighted by Crippen LogP contribution is -2.40. The van der Waals surface area contributed by atoms with E-state index in [4.69, 9.17) is 0 Å². The molecule has 0 aromatic carbocycles. The number of thiophene rings is 1. The molecule has 1 aliphatic rings. The van der Waals surface area contributed by atoms with Crippen LogP contribution in [0.25, 0.3) is 0 Å². The molecule has 1 aliphatic carbocycles. The second-order valence-corrected chi connectivity index (χ2v) is 6.74. The first-order valence-corrected chi connectivity index (χ1v) is 8.11. The van der Waals surface area contributed by atoms with E-state index in [9.17, 15) is 4.79 Å². The third-order valence-electron chi connectivity index (χ3n) is 3.60. The number of aryl methyl sites for hydroxylation is 1. The normalized spacial score (nSPS) is 17.1. The van der Waals surface area contributed by atoms with Crippen LogP contribution in [0.2, 0.25) is 0 Å². The molecule has 1 aromatic heterocycles. The number of amides is 1.